The molecule has 0 saturated carbocycles. The molecule has 0 radical (unpaired) electrons. The van der Waals surface area contributed by atoms with Crippen molar-refractivity contribution in [3.05, 3.63) is 29.6 Å². The van der Waals surface area contributed by atoms with Crippen LogP contribution in [-0.4, -0.2) is 31.4 Å². The second-order valence-corrected chi connectivity index (χ2v) is 7.57. The van der Waals surface area contributed by atoms with E-state index in [1.54, 1.807) is 30.7 Å². The summed E-state index contributed by atoms with van der Waals surface area (Å²) in [6.07, 6.45) is 0. The third-order valence-electron chi connectivity index (χ3n) is 3.17. The molecule has 124 valence electrons. The van der Waals surface area contributed by atoms with Crippen LogP contribution in [0.25, 0.3) is 0 Å². The molecule has 1 heterocycles. The SMILES string of the molecule is Cc1ccc(NC(=O)C(C)Sc2nnnn2C(C)(C)C)cc1F. The zero-order valence-corrected chi connectivity index (χ0v) is 14.6. The Labute approximate surface area is 138 Å². The van der Waals surface area contributed by atoms with Crippen LogP contribution in [0.1, 0.15) is 33.3 Å². The molecule has 1 aromatic heterocycles. The highest BCUT2D eigenvalue weighted by molar-refractivity contribution is 8.00. The van der Waals surface area contributed by atoms with Crippen LogP contribution in [-0.2, 0) is 10.3 Å². The van der Waals surface area contributed by atoms with Crippen LogP contribution >= 0.6 is 11.8 Å². The maximum absolute atomic E-state index is 13.5. The molecule has 1 aromatic carbocycles. The highest BCUT2D eigenvalue weighted by Gasteiger charge is 2.24. The zero-order valence-electron chi connectivity index (χ0n) is 13.8. The van der Waals surface area contributed by atoms with Gasteiger partial charge in [-0.15, -0.1) is 5.10 Å². The Morgan fingerprint density at radius 2 is 2.09 bits per heavy atom. The van der Waals surface area contributed by atoms with Gasteiger partial charge in [-0.25, -0.2) is 9.07 Å². The molecule has 1 N–H and O–H groups in total. The monoisotopic (exact) mass is 337 g/mol. The lowest BCUT2D eigenvalue weighted by Crippen LogP contribution is -2.27. The second kappa shape index (κ2) is 6.66. The predicted octanol–water partition coefficient (Wildman–Crippen LogP) is 2.99. The summed E-state index contributed by atoms with van der Waals surface area (Å²) in [7, 11) is 0. The summed E-state index contributed by atoms with van der Waals surface area (Å²) in [4.78, 5) is 12.3. The van der Waals surface area contributed by atoms with E-state index in [-0.39, 0.29) is 17.3 Å². The van der Waals surface area contributed by atoms with E-state index in [1.165, 1.54) is 17.8 Å². The first kappa shape index (κ1) is 17.4. The first-order valence-electron chi connectivity index (χ1n) is 7.21. The number of halogens is 1. The molecule has 8 heteroatoms. The maximum Gasteiger partial charge on any atom is 0.237 e. The molecule has 1 unspecified atom stereocenters. The van der Waals surface area contributed by atoms with Gasteiger partial charge in [-0.3, -0.25) is 4.79 Å². The number of aryl methyl sites for hydroxylation is 1. The van der Waals surface area contributed by atoms with E-state index in [1.807, 2.05) is 20.8 Å². The molecular weight excluding hydrogens is 317 g/mol. The summed E-state index contributed by atoms with van der Waals surface area (Å²) in [5.74, 6) is -0.582. The van der Waals surface area contributed by atoms with Gasteiger partial charge in [0, 0.05) is 5.69 Å². The normalized spacial score (nSPS) is 13.0. The molecule has 0 aliphatic carbocycles. The fraction of sp³-hybridized carbons (Fsp3) is 0.467. The minimum absolute atomic E-state index is 0.235. The number of nitrogens with zero attached hydrogens (tertiary/aromatic N) is 4. The molecule has 1 amide bonds. The van der Waals surface area contributed by atoms with Gasteiger partial charge in [-0.1, -0.05) is 17.8 Å². The van der Waals surface area contributed by atoms with Gasteiger partial charge in [0.1, 0.15) is 5.82 Å². The number of carbonyl (C=O) groups is 1. The smallest absolute Gasteiger partial charge is 0.237 e. The van der Waals surface area contributed by atoms with Crippen molar-refractivity contribution in [2.24, 2.45) is 0 Å². The standard InChI is InChI=1S/C15H20FN5OS/c1-9-6-7-11(8-12(9)16)17-13(22)10(2)23-14-18-19-20-21(14)15(3,4)5/h6-8,10H,1-5H3,(H,17,22). The van der Waals surface area contributed by atoms with Crippen molar-refractivity contribution in [2.45, 2.75) is 50.6 Å². The maximum atomic E-state index is 13.5. The molecular formula is C15H20FN5OS. The average molecular weight is 337 g/mol. The molecule has 1 atom stereocenters. The van der Waals surface area contributed by atoms with Crippen LogP contribution in [0.2, 0.25) is 0 Å². The van der Waals surface area contributed by atoms with Gasteiger partial charge >= 0.3 is 0 Å². The molecule has 23 heavy (non-hydrogen) atoms. The van der Waals surface area contributed by atoms with E-state index >= 15 is 0 Å². The number of anilines is 1. The van der Waals surface area contributed by atoms with Crippen LogP contribution in [0.15, 0.2) is 23.4 Å². The Morgan fingerprint density at radius 1 is 1.39 bits per heavy atom. The lowest BCUT2D eigenvalue weighted by atomic mass is 10.1. The van der Waals surface area contributed by atoms with Gasteiger partial charge in [-0.2, -0.15) is 0 Å². The Bertz CT molecular complexity index is 710. The number of rotatable bonds is 4. The van der Waals surface area contributed by atoms with E-state index in [4.69, 9.17) is 0 Å². The van der Waals surface area contributed by atoms with Crippen molar-refractivity contribution in [1.82, 2.24) is 20.2 Å². The van der Waals surface area contributed by atoms with Gasteiger partial charge < -0.3 is 5.32 Å². The summed E-state index contributed by atoms with van der Waals surface area (Å²) in [5.41, 5.74) is 0.693. The van der Waals surface area contributed by atoms with Crippen molar-refractivity contribution < 1.29 is 9.18 Å². The minimum Gasteiger partial charge on any atom is -0.325 e. The van der Waals surface area contributed by atoms with Crippen LogP contribution in [0.3, 0.4) is 0 Å². The predicted molar refractivity (Wildman–Crippen MR) is 87.9 cm³/mol. The van der Waals surface area contributed by atoms with Crippen LogP contribution < -0.4 is 5.32 Å². The van der Waals surface area contributed by atoms with E-state index in [2.05, 4.69) is 20.8 Å². The summed E-state index contributed by atoms with van der Waals surface area (Å²) >= 11 is 1.26. The number of benzene rings is 1. The molecule has 0 spiro atoms. The van der Waals surface area contributed by atoms with Gasteiger partial charge in [0.25, 0.3) is 0 Å². The Morgan fingerprint density at radius 3 is 2.70 bits per heavy atom. The Balaban J connectivity index is 2.06. The number of thioether (sulfide) groups is 1. The van der Waals surface area contributed by atoms with Gasteiger partial charge in [0.15, 0.2) is 0 Å². The van der Waals surface area contributed by atoms with E-state index in [0.717, 1.165) is 0 Å². The van der Waals surface area contributed by atoms with Crippen LogP contribution in [0.4, 0.5) is 10.1 Å². The Kier molecular flexibility index (Phi) is 5.03. The van der Waals surface area contributed by atoms with Gasteiger partial charge in [0.05, 0.1) is 10.8 Å². The number of nitrogens with one attached hydrogen (secondary N) is 1. The van der Waals surface area contributed by atoms with Crippen molar-refractivity contribution >= 4 is 23.4 Å². The first-order valence-corrected chi connectivity index (χ1v) is 8.09. The fourth-order valence-electron chi connectivity index (χ4n) is 1.80. The Hall–Kier alpha value is -1.96. The largest absolute Gasteiger partial charge is 0.325 e. The molecule has 2 rings (SSSR count). The van der Waals surface area contributed by atoms with Gasteiger partial charge in [0.2, 0.25) is 11.1 Å². The van der Waals surface area contributed by atoms with Crippen molar-refractivity contribution in [2.75, 3.05) is 5.32 Å². The quantitative estimate of drug-likeness (QED) is 0.868. The van der Waals surface area contributed by atoms with Crippen LogP contribution in [0.5, 0.6) is 0 Å². The van der Waals surface area contributed by atoms with Crippen molar-refractivity contribution in [1.29, 1.82) is 0 Å². The van der Waals surface area contributed by atoms with E-state index in [0.29, 0.717) is 16.4 Å². The fourth-order valence-corrected chi connectivity index (χ4v) is 2.78. The molecule has 0 aliphatic heterocycles. The third-order valence-corrected chi connectivity index (χ3v) is 4.20. The summed E-state index contributed by atoms with van der Waals surface area (Å²) < 4.78 is 15.2. The van der Waals surface area contributed by atoms with Crippen LogP contribution in [0, 0.1) is 12.7 Å². The number of hydrogen-bond acceptors (Lipinski definition) is 5. The molecule has 0 saturated heterocycles. The second-order valence-electron chi connectivity index (χ2n) is 6.26. The lowest BCUT2D eigenvalue weighted by molar-refractivity contribution is -0.115. The average Bonchev–Trinajstić information content (AvgIpc) is 2.91. The number of aromatic nitrogens is 4. The minimum atomic E-state index is -0.425. The number of hydrogen-bond donors (Lipinski definition) is 1. The highest BCUT2D eigenvalue weighted by atomic mass is 32.2. The van der Waals surface area contributed by atoms with Crippen molar-refractivity contribution in [3.8, 4) is 0 Å². The molecule has 0 aliphatic rings. The molecule has 2 aromatic rings. The number of tetrazole rings is 1. The van der Waals surface area contributed by atoms with Crippen molar-refractivity contribution in [3.63, 3.8) is 0 Å². The highest BCUT2D eigenvalue weighted by Crippen LogP contribution is 2.26. The summed E-state index contributed by atoms with van der Waals surface area (Å²) in [5, 5.41) is 14.4. The lowest BCUT2D eigenvalue weighted by Gasteiger charge is -2.20. The van der Waals surface area contributed by atoms with E-state index in [9.17, 15) is 9.18 Å². The molecule has 6 nitrogen and oxygen atoms in total. The topological polar surface area (TPSA) is 72.7 Å². The first-order chi connectivity index (χ1) is 10.7. The summed E-state index contributed by atoms with van der Waals surface area (Å²) in [6, 6.07) is 4.61. The summed E-state index contributed by atoms with van der Waals surface area (Å²) in [6.45, 7) is 9.37. The zero-order chi connectivity index (χ0) is 17.2. The van der Waals surface area contributed by atoms with Gasteiger partial charge in [-0.05, 0) is 62.7 Å². The molecule has 0 bridgehead atoms. The van der Waals surface area contributed by atoms with E-state index < -0.39 is 5.25 Å². The third kappa shape index (κ3) is 4.28. The number of amides is 1. The molecule has 0 fully saturated rings. The number of carbonyl (C=O) groups excluding carboxylic acids is 1.